The minimum absolute atomic E-state index is 0.0660. The summed E-state index contributed by atoms with van der Waals surface area (Å²) in [4.78, 5) is 40.3. The van der Waals surface area contributed by atoms with Crippen LogP contribution in [-0.2, 0) is 11.2 Å². The molecule has 1 atom stereocenters. The second-order valence-corrected chi connectivity index (χ2v) is 5.33. The summed E-state index contributed by atoms with van der Waals surface area (Å²) in [6.45, 7) is 0.0660. The van der Waals surface area contributed by atoms with Crippen LogP contribution in [0.5, 0.6) is 0 Å². The summed E-state index contributed by atoms with van der Waals surface area (Å²) >= 11 is 0. The van der Waals surface area contributed by atoms with Crippen molar-refractivity contribution in [2.45, 2.75) is 12.5 Å². The Hall–Kier alpha value is -3.04. The maximum absolute atomic E-state index is 12.4. The lowest BCUT2D eigenvalue weighted by Crippen LogP contribution is -2.37. The van der Waals surface area contributed by atoms with E-state index in [0.717, 1.165) is 10.5 Å². The van der Waals surface area contributed by atoms with Crippen molar-refractivity contribution >= 4 is 17.9 Å². The first-order chi connectivity index (χ1) is 11.2. The molecule has 0 radical (unpaired) electrons. The third-order valence-electron chi connectivity index (χ3n) is 3.82. The van der Waals surface area contributed by atoms with Crippen LogP contribution < -0.4 is 0 Å². The Balaban J connectivity index is 1.80. The van der Waals surface area contributed by atoms with E-state index in [9.17, 15) is 14.4 Å². The van der Waals surface area contributed by atoms with Gasteiger partial charge in [0.1, 0.15) is 0 Å². The normalized spacial score (nSPS) is 14.3. The minimum Gasteiger partial charge on any atom is -0.272 e. The molecule has 2 amide bonds. The fourth-order valence-corrected chi connectivity index (χ4v) is 2.73. The SMILES string of the molecule is O=C=N[C@@H](Cc1ccccc1)CN1C(=O)c2ccccc2C1=O. The van der Waals surface area contributed by atoms with E-state index >= 15 is 0 Å². The average molecular weight is 306 g/mol. The van der Waals surface area contributed by atoms with Gasteiger partial charge in [0.2, 0.25) is 6.08 Å². The lowest BCUT2D eigenvalue weighted by molar-refractivity contribution is 0.0645. The van der Waals surface area contributed by atoms with Crippen molar-refractivity contribution in [3.05, 3.63) is 71.3 Å². The first kappa shape index (κ1) is 14.9. The number of amides is 2. The number of carbonyl (C=O) groups is 2. The van der Waals surface area contributed by atoms with Crippen molar-refractivity contribution < 1.29 is 14.4 Å². The van der Waals surface area contributed by atoms with Crippen molar-refractivity contribution in [1.82, 2.24) is 4.90 Å². The van der Waals surface area contributed by atoms with Crippen LogP contribution in [0.15, 0.2) is 59.6 Å². The van der Waals surface area contributed by atoms with Crippen molar-refractivity contribution in [2.24, 2.45) is 4.99 Å². The number of benzene rings is 2. The summed E-state index contributed by atoms with van der Waals surface area (Å²) in [5.74, 6) is -0.686. The molecular formula is C18H14N2O3. The molecular weight excluding hydrogens is 292 g/mol. The number of isocyanates is 1. The molecule has 0 bridgehead atoms. The molecule has 2 aromatic rings. The van der Waals surface area contributed by atoms with Crippen LogP contribution in [-0.4, -0.2) is 35.4 Å². The molecule has 1 aliphatic heterocycles. The third-order valence-corrected chi connectivity index (χ3v) is 3.82. The Morgan fingerprint density at radius 3 is 2.04 bits per heavy atom. The van der Waals surface area contributed by atoms with Gasteiger partial charge in [-0.15, -0.1) is 0 Å². The Labute approximate surface area is 133 Å². The van der Waals surface area contributed by atoms with Gasteiger partial charge in [0.05, 0.1) is 23.7 Å². The van der Waals surface area contributed by atoms with Gasteiger partial charge in [0.25, 0.3) is 11.8 Å². The summed E-state index contributed by atoms with van der Waals surface area (Å²) < 4.78 is 0. The molecule has 5 heteroatoms. The van der Waals surface area contributed by atoms with Gasteiger partial charge in [0.15, 0.2) is 0 Å². The molecule has 3 rings (SSSR count). The smallest absolute Gasteiger partial charge is 0.261 e. The van der Waals surface area contributed by atoms with Gasteiger partial charge in [-0.1, -0.05) is 42.5 Å². The Morgan fingerprint density at radius 1 is 0.913 bits per heavy atom. The Kier molecular flexibility index (Phi) is 4.13. The molecule has 23 heavy (non-hydrogen) atoms. The minimum atomic E-state index is -0.503. The summed E-state index contributed by atoms with van der Waals surface area (Å²) in [5.41, 5.74) is 1.77. The topological polar surface area (TPSA) is 66.8 Å². The number of imide groups is 1. The number of rotatable bonds is 5. The Bertz CT molecular complexity index is 760. The molecule has 0 spiro atoms. The highest BCUT2D eigenvalue weighted by molar-refractivity contribution is 6.21. The van der Waals surface area contributed by atoms with Crippen LogP contribution in [0.4, 0.5) is 0 Å². The quantitative estimate of drug-likeness (QED) is 0.483. The fourth-order valence-electron chi connectivity index (χ4n) is 2.73. The first-order valence-corrected chi connectivity index (χ1v) is 7.27. The van der Waals surface area contributed by atoms with E-state index in [4.69, 9.17) is 0 Å². The molecule has 0 saturated heterocycles. The van der Waals surface area contributed by atoms with E-state index in [1.54, 1.807) is 24.3 Å². The highest BCUT2D eigenvalue weighted by Gasteiger charge is 2.36. The van der Waals surface area contributed by atoms with Gasteiger partial charge in [-0.05, 0) is 24.1 Å². The molecule has 0 fully saturated rings. The molecule has 114 valence electrons. The second kappa shape index (κ2) is 6.38. The zero-order valence-electron chi connectivity index (χ0n) is 12.3. The fraction of sp³-hybridized carbons (Fsp3) is 0.167. The molecule has 0 aromatic heterocycles. The van der Waals surface area contributed by atoms with Crippen LogP contribution in [0.2, 0.25) is 0 Å². The van der Waals surface area contributed by atoms with Crippen LogP contribution in [0.3, 0.4) is 0 Å². The summed E-state index contributed by atoms with van der Waals surface area (Å²) in [6.07, 6.45) is 2.00. The number of aliphatic imine (C=N–C) groups is 1. The van der Waals surface area contributed by atoms with E-state index in [-0.39, 0.29) is 18.4 Å². The van der Waals surface area contributed by atoms with Crippen LogP contribution >= 0.6 is 0 Å². The number of fused-ring (bicyclic) bond motifs is 1. The molecule has 2 aromatic carbocycles. The van der Waals surface area contributed by atoms with Crippen molar-refractivity contribution in [2.75, 3.05) is 6.54 Å². The maximum atomic E-state index is 12.4. The number of hydrogen-bond acceptors (Lipinski definition) is 4. The van der Waals surface area contributed by atoms with Gasteiger partial charge in [-0.25, -0.2) is 9.79 Å². The van der Waals surface area contributed by atoms with Crippen LogP contribution in [0.25, 0.3) is 0 Å². The number of carbonyl (C=O) groups excluding carboxylic acids is 3. The van der Waals surface area contributed by atoms with Crippen LogP contribution in [0, 0.1) is 0 Å². The molecule has 0 unspecified atom stereocenters. The second-order valence-electron chi connectivity index (χ2n) is 5.33. The summed E-state index contributed by atoms with van der Waals surface area (Å²) in [7, 11) is 0. The Morgan fingerprint density at radius 2 is 1.48 bits per heavy atom. The van der Waals surface area contributed by atoms with Crippen molar-refractivity contribution in [3.63, 3.8) is 0 Å². The third kappa shape index (κ3) is 2.96. The van der Waals surface area contributed by atoms with E-state index in [2.05, 4.69) is 4.99 Å². The lowest BCUT2D eigenvalue weighted by atomic mass is 10.1. The highest BCUT2D eigenvalue weighted by atomic mass is 16.2. The van der Waals surface area contributed by atoms with Crippen molar-refractivity contribution in [3.8, 4) is 0 Å². The van der Waals surface area contributed by atoms with Crippen molar-refractivity contribution in [1.29, 1.82) is 0 Å². The number of hydrogen-bond donors (Lipinski definition) is 0. The molecule has 1 aliphatic rings. The van der Waals surface area contributed by atoms with Gasteiger partial charge in [-0.2, -0.15) is 0 Å². The predicted octanol–water partition coefficient (Wildman–Crippen LogP) is 2.23. The maximum Gasteiger partial charge on any atom is 0.261 e. The van der Waals surface area contributed by atoms with Gasteiger partial charge in [0, 0.05) is 0 Å². The summed E-state index contributed by atoms with van der Waals surface area (Å²) in [5, 5.41) is 0. The van der Waals surface area contributed by atoms with E-state index < -0.39 is 6.04 Å². The van der Waals surface area contributed by atoms with Crippen LogP contribution in [0.1, 0.15) is 26.3 Å². The molecule has 5 nitrogen and oxygen atoms in total. The predicted molar refractivity (Wildman–Crippen MR) is 83.9 cm³/mol. The highest BCUT2D eigenvalue weighted by Crippen LogP contribution is 2.23. The largest absolute Gasteiger partial charge is 0.272 e. The molecule has 1 heterocycles. The van der Waals surface area contributed by atoms with E-state index in [1.807, 2.05) is 30.3 Å². The number of nitrogens with zero attached hydrogens (tertiary/aromatic N) is 2. The van der Waals surface area contributed by atoms with E-state index in [1.165, 1.54) is 6.08 Å². The van der Waals surface area contributed by atoms with Gasteiger partial charge >= 0.3 is 0 Å². The van der Waals surface area contributed by atoms with Gasteiger partial charge < -0.3 is 0 Å². The van der Waals surface area contributed by atoms with E-state index in [0.29, 0.717) is 17.5 Å². The lowest BCUT2D eigenvalue weighted by Gasteiger charge is -2.18. The molecule has 0 saturated carbocycles. The zero-order valence-corrected chi connectivity index (χ0v) is 12.3. The summed E-state index contributed by atoms with van der Waals surface area (Å²) in [6, 6.07) is 15.7. The average Bonchev–Trinajstić information content (AvgIpc) is 2.81. The van der Waals surface area contributed by atoms with Gasteiger partial charge in [-0.3, -0.25) is 14.5 Å². The molecule has 0 N–H and O–H groups in total. The zero-order chi connectivity index (χ0) is 16.2. The first-order valence-electron chi connectivity index (χ1n) is 7.27. The molecule has 0 aliphatic carbocycles. The monoisotopic (exact) mass is 306 g/mol. The standard InChI is InChI=1S/C18H14N2O3/c21-12-19-14(10-13-6-2-1-3-7-13)11-20-17(22)15-8-4-5-9-16(15)18(20)23/h1-9,14H,10-11H2/t14-/m0/s1.